The third-order valence-electron chi connectivity index (χ3n) is 3.60. The van der Waals surface area contributed by atoms with E-state index in [-0.39, 0.29) is 28.8 Å². The van der Waals surface area contributed by atoms with Crippen LogP contribution in [0.5, 0.6) is 0 Å². The van der Waals surface area contributed by atoms with Gasteiger partial charge in [0.1, 0.15) is 0 Å². The summed E-state index contributed by atoms with van der Waals surface area (Å²) >= 11 is -3.04. The molecule has 0 aliphatic carbocycles. The number of rotatable bonds is 2. The third-order valence-corrected chi connectivity index (χ3v) is 6.89. The molecule has 0 aromatic heterocycles. The molecule has 8 nitrogen and oxygen atoms in total. The van der Waals surface area contributed by atoms with Crippen LogP contribution in [-0.4, -0.2) is 47.6 Å². The standard InChI is InChI=1S/C14H13N3O5Se/c1-7(18)15-9-4-2-3-8-12(9)23(22)17(14(8)21)10-5-6-11(19)16-13(10)20/h2-4,10H,5-6H2,1H3,(H,15,18)(H,16,19,20). The Hall–Kier alpha value is -2.38. The molecule has 2 aliphatic rings. The van der Waals surface area contributed by atoms with Crippen molar-refractivity contribution in [2.45, 2.75) is 25.8 Å². The zero-order valence-corrected chi connectivity index (χ0v) is 13.8. The fraction of sp³-hybridized carbons (Fsp3) is 0.286. The van der Waals surface area contributed by atoms with E-state index in [2.05, 4.69) is 10.6 Å². The number of piperidine rings is 1. The first-order chi connectivity index (χ1) is 10.9. The number of amides is 4. The van der Waals surface area contributed by atoms with Gasteiger partial charge in [-0.05, 0) is 0 Å². The van der Waals surface area contributed by atoms with Gasteiger partial charge in [-0.15, -0.1) is 0 Å². The first-order valence-corrected chi connectivity index (χ1v) is 9.22. The molecule has 3 rings (SSSR count). The molecule has 2 unspecified atom stereocenters. The Kier molecular flexibility index (Phi) is 3.83. The minimum atomic E-state index is -3.04. The van der Waals surface area contributed by atoms with Crippen LogP contribution in [0.3, 0.4) is 0 Å². The van der Waals surface area contributed by atoms with E-state index in [4.69, 9.17) is 0 Å². The summed E-state index contributed by atoms with van der Waals surface area (Å²) in [6.07, 6.45) is 0.232. The van der Waals surface area contributed by atoms with Gasteiger partial charge in [0.05, 0.1) is 0 Å². The first-order valence-electron chi connectivity index (χ1n) is 6.90. The van der Waals surface area contributed by atoms with Gasteiger partial charge in [0.15, 0.2) is 0 Å². The van der Waals surface area contributed by atoms with E-state index < -0.39 is 37.8 Å². The number of nitrogens with zero attached hydrogens (tertiary/aromatic N) is 1. The fourth-order valence-corrected chi connectivity index (χ4v) is 5.84. The molecular weight excluding hydrogens is 369 g/mol. The Morgan fingerprint density at radius 1 is 1.35 bits per heavy atom. The van der Waals surface area contributed by atoms with Crippen molar-refractivity contribution in [2.75, 3.05) is 5.32 Å². The molecule has 2 atom stereocenters. The number of imide groups is 1. The minimum absolute atomic E-state index is 0.0912. The molecule has 23 heavy (non-hydrogen) atoms. The van der Waals surface area contributed by atoms with Crippen molar-refractivity contribution in [3.63, 3.8) is 0 Å². The average molecular weight is 382 g/mol. The SMILES string of the molecule is CC(=O)Nc1cccc2c1[Se](=O)N(C1CCC(=O)NC1=O)C2=O. The molecular formula is C14H13N3O5Se. The van der Waals surface area contributed by atoms with Gasteiger partial charge in [-0.1, -0.05) is 0 Å². The summed E-state index contributed by atoms with van der Waals surface area (Å²) in [7, 11) is 0. The van der Waals surface area contributed by atoms with Gasteiger partial charge in [0, 0.05) is 0 Å². The van der Waals surface area contributed by atoms with Gasteiger partial charge in [0.25, 0.3) is 0 Å². The summed E-state index contributed by atoms with van der Waals surface area (Å²) in [6.45, 7) is 1.31. The van der Waals surface area contributed by atoms with E-state index in [1.807, 2.05) is 0 Å². The van der Waals surface area contributed by atoms with Gasteiger partial charge in [0.2, 0.25) is 0 Å². The van der Waals surface area contributed by atoms with E-state index in [0.717, 1.165) is 3.92 Å². The molecule has 0 saturated carbocycles. The van der Waals surface area contributed by atoms with Crippen molar-refractivity contribution in [2.24, 2.45) is 0 Å². The zero-order chi connectivity index (χ0) is 16.7. The Bertz CT molecular complexity index is 776. The molecule has 120 valence electrons. The molecule has 2 N–H and O–H groups in total. The van der Waals surface area contributed by atoms with Crippen molar-refractivity contribution >= 4 is 47.8 Å². The molecule has 4 amide bonds. The van der Waals surface area contributed by atoms with E-state index in [9.17, 15) is 23.0 Å². The summed E-state index contributed by atoms with van der Waals surface area (Å²) in [5, 5.41) is 4.72. The van der Waals surface area contributed by atoms with Crippen LogP contribution >= 0.6 is 0 Å². The van der Waals surface area contributed by atoms with Crippen LogP contribution in [0, 0.1) is 0 Å². The van der Waals surface area contributed by atoms with Crippen molar-refractivity contribution < 1.29 is 23.0 Å². The number of carbonyl (C=O) groups is 4. The first kappa shape index (κ1) is 15.5. The fourth-order valence-electron chi connectivity index (χ4n) is 2.64. The Labute approximate surface area is 135 Å². The molecule has 1 fully saturated rings. The Balaban J connectivity index is 1.99. The van der Waals surface area contributed by atoms with E-state index in [1.54, 1.807) is 12.1 Å². The summed E-state index contributed by atoms with van der Waals surface area (Å²) in [4.78, 5) is 47.0. The predicted octanol–water partition coefficient (Wildman–Crippen LogP) is -0.968. The molecule has 0 spiro atoms. The Morgan fingerprint density at radius 3 is 2.74 bits per heavy atom. The van der Waals surface area contributed by atoms with E-state index in [1.165, 1.54) is 13.0 Å². The maximum atomic E-state index is 12.8. The number of nitrogens with one attached hydrogen (secondary N) is 2. The summed E-state index contributed by atoms with van der Waals surface area (Å²) < 4.78 is 14.2. The van der Waals surface area contributed by atoms with Crippen LogP contribution in [-0.2, 0) is 18.2 Å². The van der Waals surface area contributed by atoms with Crippen LogP contribution < -0.4 is 15.1 Å². The molecule has 9 heteroatoms. The molecule has 2 aliphatic heterocycles. The van der Waals surface area contributed by atoms with Gasteiger partial charge in [-0.2, -0.15) is 0 Å². The topological polar surface area (TPSA) is 113 Å². The van der Waals surface area contributed by atoms with Crippen LogP contribution in [0.2, 0.25) is 0 Å². The number of fused-ring (bicyclic) bond motifs is 1. The van der Waals surface area contributed by atoms with Crippen molar-refractivity contribution in [3.8, 4) is 0 Å². The molecule has 2 heterocycles. The van der Waals surface area contributed by atoms with Gasteiger partial charge < -0.3 is 0 Å². The summed E-state index contributed by atoms with van der Waals surface area (Å²) in [5.41, 5.74) is 0.541. The number of carbonyl (C=O) groups excluding carboxylic acids is 4. The number of anilines is 1. The van der Waals surface area contributed by atoms with Crippen LogP contribution in [0.25, 0.3) is 0 Å². The Morgan fingerprint density at radius 2 is 2.09 bits per heavy atom. The molecule has 0 radical (unpaired) electrons. The number of hydrogen-bond donors (Lipinski definition) is 2. The average Bonchev–Trinajstić information content (AvgIpc) is 2.72. The molecule has 1 aromatic rings. The molecule has 1 aromatic carbocycles. The summed E-state index contributed by atoms with van der Waals surface area (Å²) in [6, 6.07) is 3.73. The predicted molar refractivity (Wildman–Crippen MR) is 79.2 cm³/mol. The number of hydrogen-bond acceptors (Lipinski definition) is 5. The normalized spacial score (nSPS) is 23.5. The van der Waals surface area contributed by atoms with Gasteiger partial charge in [-0.25, -0.2) is 0 Å². The van der Waals surface area contributed by atoms with Crippen LogP contribution in [0.15, 0.2) is 18.2 Å². The zero-order valence-electron chi connectivity index (χ0n) is 12.1. The third kappa shape index (κ3) is 2.58. The van der Waals surface area contributed by atoms with E-state index >= 15 is 0 Å². The van der Waals surface area contributed by atoms with Gasteiger partial charge in [-0.3, -0.25) is 0 Å². The molecule has 0 bridgehead atoms. The van der Waals surface area contributed by atoms with E-state index in [0.29, 0.717) is 5.69 Å². The van der Waals surface area contributed by atoms with Crippen molar-refractivity contribution in [3.05, 3.63) is 23.8 Å². The second-order valence-corrected chi connectivity index (χ2v) is 7.94. The second kappa shape index (κ2) is 5.68. The monoisotopic (exact) mass is 383 g/mol. The second-order valence-electron chi connectivity index (χ2n) is 5.21. The van der Waals surface area contributed by atoms with Crippen molar-refractivity contribution in [1.29, 1.82) is 0 Å². The van der Waals surface area contributed by atoms with Crippen molar-refractivity contribution in [1.82, 2.24) is 9.23 Å². The molecule has 1 saturated heterocycles. The summed E-state index contributed by atoms with van der Waals surface area (Å²) in [5.74, 6) is -1.88. The van der Waals surface area contributed by atoms with Crippen LogP contribution in [0.1, 0.15) is 30.1 Å². The quantitative estimate of drug-likeness (QED) is 0.505. The van der Waals surface area contributed by atoms with Crippen LogP contribution in [0.4, 0.5) is 5.69 Å². The number of benzene rings is 1. The van der Waals surface area contributed by atoms with Gasteiger partial charge >= 0.3 is 135 Å². The maximum absolute atomic E-state index is 12.8.